The van der Waals surface area contributed by atoms with E-state index in [2.05, 4.69) is 15.8 Å². The van der Waals surface area contributed by atoms with Gasteiger partial charge in [0.1, 0.15) is 11.4 Å². The molecule has 9 nitrogen and oxygen atoms in total. The highest BCUT2D eigenvalue weighted by molar-refractivity contribution is 7.09. The lowest BCUT2D eigenvalue weighted by Crippen LogP contribution is -2.41. The summed E-state index contributed by atoms with van der Waals surface area (Å²) in [5.41, 5.74) is 7.20. The van der Waals surface area contributed by atoms with Crippen LogP contribution in [0.15, 0.2) is 53.9 Å². The van der Waals surface area contributed by atoms with Crippen LogP contribution in [0.3, 0.4) is 0 Å². The maximum atomic E-state index is 12.9. The van der Waals surface area contributed by atoms with Gasteiger partial charge >= 0.3 is 0 Å². The fraction of sp³-hybridized carbons (Fsp3) is 0.357. The smallest absolute Gasteiger partial charge is 0.289 e. The van der Waals surface area contributed by atoms with E-state index in [1.54, 1.807) is 29.6 Å². The van der Waals surface area contributed by atoms with Crippen LogP contribution in [0, 0.1) is 0 Å². The largest absolute Gasteiger partial charge is 0.491 e. The van der Waals surface area contributed by atoms with E-state index in [1.807, 2.05) is 62.0 Å². The van der Waals surface area contributed by atoms with Gasteiger partial charge in [-0.2, -0.15) is 0 Å². The Morgan fingerprint density at radius 1 is 0.947 bits per heavy atom. The van der Waals surface area contributed by atoms with Crippen LogP contribution >= 0.6 is 11.3 Å². The highest BCUT2D eigenvalue weighted by Crippen LogP contribution is 2.31. The van der Waals surface area contributed by atoms with Crippen molar-refractivity contribution in [3.05, 3.63) is 75.7 Å². The van der Waals surface area contributed by atoms with Crippen LogP contribution in [0.5, 0.6) is 5.75 Å². The van der Waals surface area contributed by atoms with Crippen molar-refractivity contribution in [1.29, 1.82) is 0 Å². The summed E-state index contributed by atoms with van der Waals surface area (Å²) >= 11 is 1.43. The molecular weight excluding hydrogens is 502 g/mol. The van der Waals surface area contributed by atoms with Crippen molar-refractivity contribution in [3.63, 3.8) is 0 Å². The SMILES string of the molecule is CC(C)Oc1ccc(C(=O)N2CCC(c3nc(C(=O)NNC(=O)c4ccc(N(C)C)cc4)cs3)CC2)cc1. The molecule has 3 aromatic rings. The molecule has 0 atom stereocenters. The summed E-state index contributed by atoms with van der Waals surface area (Å²) in [5, 5.41) is 2.56. The Kier molecular flexibility index (Phi) is 8.62. The normalized spacial score (nSPS) is 13.8. The molecule has 2 aromatic carbocycles. The van der Waals surface area contributed by atoms with Gasteiger partial charge in [0.15, 0.2) is 0 Å². The molecule has 0 saturated carbocycles. The fourth-order valence-corrected chi connectivity index (χ4v) is 5.17. The number of likely N-dealkylation sites (tertiary alicyclic amines) is 1. The van der Waals surface area contributed by atoms with Gasteiger partial charge in [0.2, 0.25) is 0 Å². The van der Waals surface area contributed by atoms with Crippen molar-refractivity contribution in [2.45, 2.75) is 38.7 Å². The number of carbonyl (C=O) groups excluding carboxylic acids is 3. The van der Waals surface area contributed by atoms with Crippen molar-refractivity contribution in [3.8, 4) is 5.75 Å². The number of nitrogens with zero attached hydrogens (tertiary/aromatic N) is 3. The number of nitrogens with one attached hydrogen (secondary N) is 2. The van der Waals surface area contributed by atoms with Crippen LogP contribution in [-0.2, 0) is 0 Å². The molecule has 4 rings (SSSR count). The second kappa shape index (κ2) is 12.1. The summed E-state index contributed by atoms with van der Waals surface area (Å²) < 4.78 is 5.65. The lowest BCUT2D eigenvalue weighted by Gasteiger charge is -2.31. The van der Waals surface area contributed by atoms with Crippen molar-refractivity contribution < 1.29 is 19.1 Å². The predicted octanol–water partition coefficient (Wildman–Crippen LogP) is 4.09. The number of piperidine rings is 1. The van der Waals surface area contributed by atoms with Crippen molar-refractivity contribution in [2.24, 2.45) is 0 Å². The standard InChI is InChI=1S/C28H33N5O4S/c1-18(2)37-23-11-7-21(8-12-23)28(36)33-15-13-20(14-16-33)27-29-24(17-38-27)26(35)31-30-25(34)19-5-9-22(10-6-19)32(3)4/h5-12,17-18,20H,13-16H2,1-4H3,(H,30,34)(H,31,35). The molecule has 1 aromatic heterocycles. The highest BCUT2D eigenvalue weighted by atomic mass is 32.1. The molecule has 10 heteroatoms. The van der Waals surface area contributed by atoms with E-state index in [9.17, 15) is 14.4 Å². The lowest BCUT2D eigenvalue weighted by atomic mass is 9.97. The third-order valence-electron chi connectivity index (χ3n) is 6.29. The third-order valence-corrected chi connectivity index (χ3v) is 7.30. The van der Waals surface area contributed by atoms with Gasteiger partial charge in [0, 0.05) is 55.3 Å². The summed E-state index contributed by atoms with van der Waals surface area (Å²) in [6.45, 7) is 5.17. The zero-order chi connectivity index (χ0) is 27.2. The van der Waals surface area contributed by atoms with Crippen molar-refractivity contribution >= 4 is 34.7 Å². The Hall–Kier alpha value is -3.92. The number of rotatable bonds is 7. The zero-order valence-electron chi connectivity index (χ0n) is 22.1. The summed E-state index contributed by atoms with van der Waals surface area (Å²) in [5.74, 6) is 0.0571. The minimum atomic E-state index is -0.469. The number of hydrogen-bond donors (Lipinski definition) is 2. The Balaban J connectivity index is 1.26. The zero-order valence-corrected chi connectivity index (χ0v) is 22.9. The topological polar surface area (TPSA) is 104 Å². The van der Waals surface area contributed by atoms with Crippen LogP contribution in [0.2, 0.25) is 0 Å². The van der Waals surface area contributed by atoms with Gasteiger partial charge in [-0.15, -0.1) is 11.3 Å². The van der Waals surface area contributed by atoms with E-state index < -0.39 is 11.8 Å². The number of aromatic nitrogens is 1. The summed E-state index contributed by atoms with van der Waals surface area (Å²) in [7, 11) is 3.84. The van der Waals surface area contributed by atoms with E-state index in [1.165, 1.54) is 11.3 Å². The van der Waals surface area contributed by atoms with E-state index in [4.69, 9.17) is 4.74 Å². The first-order chi connectivity index (χ1) is 18.2. The number of hydrogen-bond acceptors (Lipinski definition) is 7. The molecule has 2 N–H and O–H groups in total. The van der Waals surface area contributed by atoms with Gasteiger partial charge < -0.3 is 14.5 Å². The van der Waals surface area contributed by atoms with Crippen LogP contribution in [0.4, 0.5) is 5.69 Å². The van der Waals surface area contributed by atoms with Crippen LogP contribution in [0.1, 0.15) is 68.8 Å². The Labute approximate surface area is 226 Å². The molecule has 2 heterocycles. The van der Waals surface area contributed by atoms with Crippen molar-refractivity contribution in [1.82, 2.24) is 20.7 Å². The van der Waals surface area contributed by atoms with Gasteiger partial charge in [-0.05, 0) is 75.2 Å². The van der Waals surface area contributed by atoms with Gasteiger partial charge in [-0.3, -0.25) is 25.2 Å². The fourth-order valence-electron chi connectivity index (χ4n) is 4.20. The number of amides is 3. The molecular formula is C28H33N5O4S. The first kappa shape index (κ1) is 27.1. The second-order valence-electron chi connectivity index (χ2n) is 9.68. The highest BCUT2D eigenvalue weighted by Gasteiger charge is 2.27. The minimum absolute atomic E-state index is 0.00542. The van der Waals surface area contributed by atoms with Gasteiger partial charge in [0.05, 0.1) is 11.1 Å². The number of anilines is 1. The Morgan fingerprint density at radius 2 is 1.55 bits per heavy atom. The van der Waals surface area contributed by atoms with E-state index in [-0.39, 0.29) is 23.6 Å². The summed E-state index contributed by atoms with van der Waals surface area (Å²) in [6, 6.07) is 14.3. The molecule has 1 aliphatic heterocycles. The molecule has 0 unspecified atom stereocenters. The molecule has 0 bridgehead atoms. The average Bonchev–Trinajstić information content (AvgIpc) is 3.42. The average molecular weight is 536 g/mol. The molecule has 38 heavy (non-hydrogen) atoms. The molecule has 0 spiro atoms. The van der Waals surface area contributed by atoms with E-state index in [0.29, 0.717) is 24.2 Å². The summed E-state index contributed by atoms with van der Waals surface area (Å²) in [4.78, 5) is 46.1. The number of hydrazine groups is 1. The minimum Gasteiger partial charge on any atom is -0.491 e. The predicted molar refractivity (Wildman–Crippen MR) is 148 cm³/mol. The van der Waals surface area contributed by atoms with Gasteiger partial charge in [0.25, 0.3) is 17.7 Å². The number of ether oxygens (including phenoxy) is 1. The molecule has 1 aliphatic rings. The third kappa shape index (κ3) is 6.69. The molecule has 3 amide bonds. The van der Waals surface area contributed by atoms with Crippen LogP contribution in [-0.4, -0.2) is 60.9 Å². The van der Waals surface area contributed by atoms with E-state index >= 15 is 0 Å². The first-order valence-corrected chi connectivity index (χ1v) is 13.5. The monoisotopic (exact) mass is 535 g/mol. The van der Waals surface area contributed by atoms with Crippen LogP contribution < -0.4 is 20.5 Å². The lowest BCUT2D eigenvalue weighted by molar-refractivity contribution is 0.0712. The number of benzene rings is 2. The molecule has 0 aliphatic carbocycles. The molecule has 1 fully saturated rings. The van der Waals surface area contributed by atoms with Crippen LogP contribution in [0.25, 0.3) is 0 Å². The quantitative estimate of drug-likeness (QED) is 0.442. The number of carbonyl (C=O) groups is 3. The summed E-state index contributed by atoms with van der Waals surface area (Å²) in [6.07, 6.45) is 1.63. The second-order valence-corrected chi connectivity index (χ2v) is 10.6. The Bertz CT molecular complexity index is 1260. The van der Waals surface area contributed by atoms with Gasteiger partial charge in [-0.1, -0.05) is 0 Å². The molecule has 200 valence electrons. The van der Waals surface area contributed by atoms with Gasteiger partial charge in [-0.25, -0.2) is 4.98 Å². The maximum Gasteiger partial charge on any atom is 0.289 e. The van der Waals surface area contributed by atoms with E-state index in [0.717, 1.165) is 29.3 Å². The maximum absolute atomic E-state index is 12.9. The number of thiazole rings is 1. The molecule has 1 saturated heterocycles. The van der Waals surface area contributed by atoms with Crippen molar-refractivity contribution in [2.75, 3.05) is 32.1 Å². The Morgan fingerprint density at radius 3 is 2.16 bits per heavy atom. The molecule has 0 radical (unpaired) electrons. The first-order valence-electron chi connectivity index (χ1n) is 12.6.